The molecule has 0 aliphatic carbocycles. The van der Waals surface area contributed by atoms with E-state index in [1.54, 1.807) is 12.1 Å². The first-order valence-corrected chi connectivity index (χ1v) is 7.66. The molecular formula is C17H18N4O2. The van der Waals surface area contributed by atoms with E-state index in [1.165, 1.54) is 18.6 Å². The van der Waals surface area contributed by atoms with Crippen molar-refractivity contribution in [2.45, 2.75) is 19.3 Å². The zero-order chi connectivity index (χ0) is 16.1. The standard InChI is InChI=1S/C17H18N4O2/c22-16(21-9-1-2-10-21)11-13-3-5-14(6-4-13)20-17(23)15-12-18-7-8-19-15/h3-8,12H,1-2,9-11H2,(H,20,23). The van der Waals surface area contributed by atoms with Gasteiger partial charge in [0.2, 0.25) is 5.91 Å². The Labute approximate surface area is 134 Å². The number of carbonyl (C=O) groups is 2. The van der Waals surface area contributed by atoms with Crippen LogP contribution in [0.1, 0.15) is 28.9 Å². The first kappa shape index (κ1) is 15.1. The molecule has 6 heteroatoms. The topological polar surface area (TPSA) is 75.2 Å². The first-order valence-electron chi connectivity index (χ1n) is 7.66. The summed E-state index contributed by atoms with van der Waals surface area (Å²) in [6, 6.07) is 7.31. The van der Waals surface area contributed by atoms with E-state index >= 15 is 0 Å². The van der Waals surface area contributed by atoms with Gasteiger partial charge in [-0.3, -0.25) is 14.6 Å². The van der Waals surface area contributed by atoms with Crippen LogP contribution in [-0.4, -0.2) is 39.8 Å². The summed E-state index contributed by atoms with van der Waals surface area (Å²) in [5, 5.41) is 2.76. The highest BCUT2D eigenvalue weighted by Gasteiger charge is 2.17. The van der Waals surface area contributed by atoms with Crippen LogP contribution in [-0.2, 0) is 11.2 Å². The van der Waals surface area contributed by atoms with Crippen molar-refractivity contribution in [2.75, 3.05) is 18.4 Å². The highest BCUT2D eigenvalue weighted by molar-refractivity contribution is 6.02. The Bertz CT molecular complexity index is 679. The SMILES string of the molecule is O=C(Nc1ccc(CC(=O)N2CCCC2)cc1)c1cnccn1. The summed E-state index contributed by atoms with van der Waals surface area (Å²) in [7, 11) is 0. The molecule has 0 radical (unpaired) electrons. The lowest BCUT2D eigenvalue weighted by Gasteiger charge is -2.15. The van der Waals surface area contributed by atoms with Gasteiger partial charge in [0.15, 0.2) is 0 Å². The second kappa shape index (κ2) is 7.00. The largest absolute Gasteiger partial charge is 0.342 e. The molecule has 1 fully saturated rings. The van der Waals surface area contributed by atoms with Crippen LogP contribution in [0.25, 0.3) is 0 Å². The molecule has 1 aromatic carbocycles. The van der Waals surface area contributed by atoms with Crippen LogP contribution in [0, 0.1) is 0 Å². The Balaban J connectivity index is 1.58. The quantitative estimate of drug-likeness (QED) is 0.936. The van der Waals surface area contributed by atoms with Gasteiger partial charge in [-0.1, -0.05) is 12.1 Å². The van der Waals surface area contributed by atoms with Crippen molar-refractivity contribution in [3.8, 4) is 0 Å². The van der Waals surface area contributed by atoms with Crippen molar-refractivity contribution in [3.63, 3.8) is 0 Å². The Hall–Kier alpha value is -2.76. The van der Waals surface area contributed by atoms with Gasteiger partial charge in [-0.2, -0.15) is 0 Å². The molecule has 1 aliphatic rings. The summed E-state index contributed by atoms with van der Waals surface area (Å²) in [6.07, 6.45) is 7.00. The molecule has 1 aliphatic heterocycles. The molecular weight excluding hydrogens is 292 g/mol. The van der Waals surface area contributed by atoms with Crippen LogP contribution < -0.4 is 5.32 Å². The Morgan fingerprint density at radius 3 is 2.48 bits per heavy atom. The van der Waals surface area contributed by atoms with Crippen LogP contribution in [0.5, 0.6) is 0 Å². The molecule has 1 saturated heterocycles. The third-order valence-electron chi connectivity index (χ3n) is 3.82. The minimum absolute atomic E-state index is 0.166. The van der Waals surface area contributed by atoms with Crippen molar-refractivity contribution in [3.05, 3.63) is 54.1 Å². The van der Waals surface area contributed by atoms with Gasteiger partial charge in [-0.05, 0) is 30.5 Å². The highest BCUT2D eigenvalue weighted by atomic mass is 16.2. The summed E-state index contributed by atoms with van der Waals surface area (Å²) >= 11 is 0. The van der Waals surface area contributed by atoms with E-state index in [4.69, 9.17) is 0 Å². The molecule has 2 amide bonds. The van der Waals surface area contributed by atoms with Gasteiger partial charge < -0.3 is 10.2 Å². The van der Waals surface area contributed by atoms with E-state index in [2.05, 4.69) is 15.3 Å². The molecule has 0 saturated carbocycles. The van der Waals surface area contributed by atoms with Gasteiger partial charge in [0.05, 0.1) is 12.6 Å². The average molecular weight is 310 g/mol. The maximum absolute atomic E-state index is 12.1. The van der Waals surface area contributed by atoms with Crippen LogP contribution in [0.15, 0.2) is 42.9 Å². The lowest BCUT2D eigenvalue weighted by molar-refractivity contribution is -0.129. The van der Waals surface area contributed by atoms with Crippen molar-refractivity contribution in [1.29, 1.82) is 0 Å². The number of anilines is 1. The number of hydrogen-bond acceptors (Lipinski definition) is 4. The maximum atomic E-state index is 12.1. The third kappa shape index (κ3) is 3.91. The molecule has 1 aromatic heterocycles. The second-order valence-electron chi connectivity index (χ2n) is 5.51. The van der Waals surface area contributed by atoms with Gasteiger partial charge in [0.25, 0.3) is 5.91 Å². The van der Waals surface area contributed by atoms with Gasteiger partial charge in [0, 0.05) is 31.2 Å². The van der Waals surface area contributed by atoms with Crippen LogP contribution in [0.3, 0.4) is 0 Å². The van der Waals surface area contributed by atoms with Gasteiger partial charge in [-0.15, -0.1) is 0 Å². The van der Waals surface area contributed by atoms with Gasteiger partial charge >= 0.3 is 0 Å². The molecule has 0 bridgehead atoms. The average Bonchev–Trinajstić information content (AvgIpc) is 3.12. The minimum Gasteiger partial charge on any atom is -0.342 e. The monoisotopic (exact) mass is 310 g/mol. The number of amides is 2. The fourth-order valence-corrected chi connectivity index (χ4v) is 2.57. The second-order valence-corrected chi connectivity index (χ2v) is 5.51. The van der Waals surface area contributed by atoms with Gasteiger partial charge in [0.1, 0.15) is 5.69 Å². The molecule has 0 unspecified atom stereocenters. The Morgan fingerprint density at radius 2 is 1.83 bits per heavy atom. The van der Waals surface area contributed by atoms with Crippen molar-refractivity contribution in [2.24, 2.45) is 0 Å². The molecule has 2 aromatic rings. The number of aromatic nitrogens is 2. The fraction of sp³-hybridized carbons (Fsp3) is 0.294. The number of likely N-dealkylation sites (tertiary alicyclic amines) is 1. The fourth-order valence-electron chi connectivity index (χ4n) is 2.57. The number of nitrogens with zero attached hydrogens (tertiary/aromatic N) is 3. The Kier molecular flexibility index (Phi) is 4.61. The molecule has 2 heterocycles. The number of hydrogen-bond donors (Lipinski definition) is 1. The molecule has 6 nitrogen and oxygen atoms in total. The van der Waals surface area contributed by atoms with E-state index in [1.807, 2.05) is 17.0 Å². The Morgan fingerprint density at radius 1 is 1.09 bits per heavy atom. The maximum Gasteiger partial charge on any atom is 0.275 e. The zero-order valence-electron chi connectivity index (χ0n) is 12.7. The number of benzene rings is 1. The molecule has 23 heavy (non-hydrogen) atoms. The smallest absolute Gasteiger partial charge is 0.275 e. The lowest BCUT2D eigenvalue weighted by atomic mass is 10.1. The van der Waals surface area contributed by atoms with E-state index < -0.39 is 0 Å². The molecule has 3 rings (SSSR count). The third-order valence-corrected chi connectivity index (χ3v) is 3.82. The van der Waals surface area contributed by atoms with E-state index in [0.29, 0.717) is 12.1 Å². The lowest BCUT2D eigenvalue weighted by Crippen LogP contribution is -2.29. The number of carbonyl (C=O) groups excluding carboxylic acids is 2. The predicted molar refractivity (Wildman–Crippen MR) is 85.9 cm³/mol. The summed E-state index contributed by atoms with van der Waals surface area (Å²) in [6.45, 7) is 1.73. The summed E-state index contributed by atoms with van der Waals surface area (Å²) < 4.78 is 0. The molecule has 1 N–H and O–H groups in total. The summed E-state index contributed by atoms with van der Waals surface area (Å²) in [5.74, 6) is -0.141. The normalized spacial score (nSPS) is 13.8. The van der Waals surface area contributed by atoms with Crippen molar-refractivity contribution in [1.82, 2.24) is 14.9 Å². The zero-order valence-corrected chi connectivity index (χ0v) is 12.7. The van der Waals surface area contributed by atoms with E-state index in [0.717, 1.165) is 31.5 Å². The predicted octanol–water partition coefficient (Wildman–Crippen LogP) is 1.89. The van der Waals surface area contributed by atoms with Gasteiger partial charge in [-0.25, -0.2) is 4.98 Å². The van der Waals surface area contributed by atoms with E-state index in [9.17, 15) is 9.59 Å². The summed E-state index contributed by atoms with van der Waals surface area (Å²) in [4.78, 5) is 33.8. The van der Waals surface area contributed by atoms with Crippen molar-refractivity contribution < 1.29 is 9.59 Å². The van der Waals surface area contributed by atoms with Crippen LogP contribution >= 0.6 is 0 Å². The molecule has 0 atom stereocenters. The number of rotatable bonds is 4. The minimum atomic E-state index is -0.306. The molecule has 118 valence electrons. The summed E-state index contributed by atoms with van der Waals surface area (Å²) in [5.41, 5.74) is 1.87. The number of nitrogens with one attached hydrogen (secondary N) is 1. The van der Waals surface area contributed by atoms with Crippen molar-refractivity contribution >= 4 is 17.5 Å². The highest BCUT2D eigenvalue weighted by Crippen LogP contribution is 2.14. The first-order chi connectivity index (χ1) is 11.2. The van der Waals surface area contributed by atoms with Crippen LogP contribution in [0.4, 0.5) is 5.69 Å². The van der Waals surface area contributed by atoms with Crippen LogP contribution in [0.2, 0.25) is 0 Å². The van der Waals surface area contributed by atoms with E-state index in [-0.39, 0.29) is 17.5 Å². The molecule has 0 spiro atoms.